The normalized spacial score (nSPS) is 22.4. The summed E-state index contributed by atoms with van der Waals surface area (Å²) in [5, 5.41) is 0. The average Bonchev–Trinajstić information content (AvgIpc) is 2.92. The number of hydrogen-bond acceptors (Lipinski definition) is 2. The van der Waals surface area contributed by atoms with Gasteiger partial charge in [-0.15, -0.1) is 0 Å². The van der Waals surface area contributed by atoms with Gasteiger partial charge in [0.15, 0.2) is 0 Å². The first-order valence-electron chi connectivity index (χ1n) is 10.7. The summed E-state index contributed by atoms with van der Waals surface area (Å²) in [5.41, 5.74) is 1.37. The molecule has 0 bridgehead atoms. The monoisotopic (exact) mass is 416 g/mol. The molecule has 0 radical (unpaired) electrons. The van der Waals surface area contributed by atoms with Crippen molar-refractivity contribution in [3.05, 3.63) is 71.0 Å². The third-order valence-corrected chi connectivity index (χ3v) is 6.55. The van der Waals surface area contributed by atoms with Crippen molar-refractivity contribution in [2.75, 3.05) is 19.6 Å². The van der Waals surface area contributed by atoms with Gasteiger partial charge in [0, 0.05) is 31.2 Å². The van der Waals surface area contributed by atoms with Gasteiger partial charge in [-0.25, -0.2) is 13.2 Å². The minimum absolute atomic E-state index is 0.00862. The van der Waals surface area contributed by atoms with E-state index >= 15 is 0 Å². The Morgan fingerprint density at radius 2 is 1.53 bits per heavy atom. The zero-order valence-corrected chi connectivity index (χ0v) is 17.0. The zero-order chi connectivity index (χ0) is 21.1. The summed E-state index contributed by atoms with van der Waals surface area (Å²) in [6.07, 6.45) is 4.95. The Hall–Kier alpha value is -2.34. The number of benzene rings is 2. The lowest BCUT2D eigenvalue weighted by Gasteiger charge is -2.38. The second kappa shape index (κ2) is 8.80. The van der Waals surface area contributed by atoms with Crippen molar-refractivity contribution < 1.29 is 18.0 Å². The molecule has 1 amide bonds. The highest BCUT2D eigenvalue weighted by Gasteiger charge is 2.42. The molecule has 2 fully saturated rings. The predicted molar refractivity (Wildman–Crippen MR) is 109 cm³/mol. The maximum Gasteiger partial charge on any atom is 0.226 e. The zero-order valence-electron chi connectivity index (χ0n) is 17.0. The predicted octanol–water partition coefficient (Wildman–Crippen LogP) is 4.69. The van der Waals surface area contributed by atoms with Crippen LogP contribution in [0.4, 0.5) is 13.2 Å². The van der Waals surface area contributed by atoms with Crippen LogP contribution in [0.25, 0.3) is 0 Å². The summed E-state index contributed by atoms with van der Waals surface area (Å²) >= 11 is 0. The fourth-order valence-corrected chi connectivity index (χ4v) is 5.09. The van der Waals surface area contributed by atoms with E-state index in [-0.39, 0.29) is 23.7 Å². The number of rotatable bonds is 4. The molecular formula is C24H27F3N2O. The van der Waals surface area contributed by atoms with Crippen molar-refractivity contribution in [2.24, 2.45) is 0 Å². The van der Waals surface area contributed by atoms with Gasteiger partial charge in [0.25, 0.3) is 0 Å². The fraction of sp³-hybridized carbons (Fsp3) is 0.458. The van der Waals surface area contributed by atoms with Gasteiger partial charge < -0.3 is 4.90 Å². The Bertz CT molecular complexity index is 899. The molecule has 30 heavy (non-hydrogen) atoms. The van der Waals surface area contributed by atoms with Gasteiger partial charge in [-0.05, 0) is 74.0 Å². The maximum absolute atomic E-state index is 13.6. The summed E-state index contributed by atoms with van der Waals surface area (Å²) < 4.78 is 40.5. The Balaban J connectivity index is 1.41. The van der Waals surface area contributed by atoms with Crippen LogP contribution in [0.5, 0.6) is 0 Å². The summed E-state index contributed by atoms with van der Waals surface area (Å²) in [4.78, 5) is 17.1. The van der Waals surface area contributed by atoms with Gasteiger partial charge >= 0.3 is 0 Å². The smallest absolute Gasteiger partial charge is 0.226 e. The molecule has 0 N–H and O–H groups in total. The fourth-order valence-electron chi connectivity index (χ4n) is 5.09. The highest BCUT2D eigenvalue weighted by molar-refractivity contribution is 5.78. The molecule has 0 aromatic heterocycles. The van der Waals surface area contributed by atoms with Crippen LogP contribution in [-0.2, 0) is 17.8 Å². The van der Waals surface area contributed by atoms with Crippen molar-refractivity contribution >= 4 is 5.91 Å². The second-order valence-corrected chi connectivity index (χ2v) is 8.57. The van der Waals surface area contributed by atoms with Crippen molar-refractivity contribution in [1.82, 2.24) is 9.80 Å². The molecule has 2 aromatic carbocycles. The van der Waals surface area contributed by atoms with Crippen LogP contribution in [0.2, 0.25) is 0 Å². The Morgan fingerprint density at radius 1 is 0.833 bits per heavy atom. The number of likely N-dealkylation sites (tertiary alicyclic amines) is 2. The Morgan fingerprint density at radius 3 is 2.27 bits per heavy atom. The number of carbonyl (C=O) groups is 1. The minimum atomic E-state index is -0.661. The van der Waals surface area contributed by atoms with E-state index in [2.05, 4.69) is 4.90 Å². The van der Waals surface area contributed by atoms with Gasteiger partial charge in [-0.1, -0.05) is 12.1 Å². The van der Waals surface area contributed by atoms with E-state index in [1.165, 1.54) is 18.2 Å². The number of carbonyl (C=O) groups excluding carboxylic acids is 1. The van der Waals surface area contributed by atoms with Crippen LogP contribution in [0.3, 0.4) is 0 Å². The molecule has 0 aliphatic carbocycles. The SMILES string of the molecule is O=C(Cc1cc(F)cc(F)c1)N1CCC[C@@]2(CCCN2Cc2cccc(F)c2)CC1. The summed E-state index contributed by atoms with van der Waals surface area (Å²) in [7, 11) is 0. The molecule has 1 spiro atoms. The molecule has 2 aliphatic heterocycles. The van der Waals surface area contributed by atoms with Crippen LogP contribution >= 0.6 is 0 Å². The molecule has 2 saturated heterocycles. The third-order valence-electron chi connectivity index (χ3n) is 6.55. The quantitative estimate of drug-likeness (QED) is 0.722. The molecule has 3 nitrogen and oxygen atoms in total. The number of amides is 1. The van der Waals surface area contributed by atoms with E-state index < -0.39 is 11.6 Å². The van der Waals surface area contributed by atoms with Crippen molar-refractivity contribution in [3.63, 3.8) is 0 Å². The number of hydrogen-bond donors (Lipinski definition) is 0. The Labute approximate surface area is 175 Å². The topological polar surface area (TPSA) is 23.6 Å². The van der Waals surface area contributed by atoms with Gasteiger partial charge in [0.05, 0.1) is 6.42 Å². The highest BCUT2D eigenvalue weighted by atomic mass is 19.1. The number of halogens is 3. The van der Waals surface area contributed by atoms with E-state index in [9.17, 15) is 18.0 Å². The van der Waals surface area contributed by atoms with E-state index in [4.69, 9.17) is 0 Å². The molecule has 1 atom stereocenters. The molecule has 160 valence electrons. The number of nitrogens with zero attached hydrogens (tertiary/aromatic N) is 2. The molecule has 2 aromatic rings. The van der Waals surface area contributed by atoms with Crippen LogP contribution in [0, 0.1) is 17.5 Å². The lowest BCUT2D eigenvalue weighted by Crippen LogP contribution is -2.44. The lowest BCUT2D eigenvalue weighted by molar-refractivity contribution is -0.130. The largest absolute Gasteiger partial charge is 0.342 e. The molecule has 2 aliphatic rings. The molecule has 2 heterocycles. The first kappa shape index (κ1) is 20.9. The Kier molecular flexibility index (Phi) is 6.14. The summed E-state index contributed by atoms with van der Waals surface area (Å²) in [6, 6.07) is 10.0. The van der Waals surface area contributed by atoms with Gasteiger partial charge in [-0.3, -0.25) is 9.69 Å². The van der Waals surface area contributed by atoms with Crippen LogP contribution in [0.15, 0.2) is 42.5 Å². The highest BCUT2D eigenvalue weighted by Crippen LogP contribution is 2.39. The van der Waals surface area contributed by atoms with Gasteiger partial charge in [-0.2, -0.15) is 0 Å². The van der Waals surface area contributed by atoms with E-state index in [0.29, 0.717) is 25.2 Å². The van der Waals surface area contributed by atoms with Crippen molar-refractivity contribution in [1.29, 1.82) is 0 Å². The first-order chi connectivity index (χ1) is 14.4. The van der Waals surface area contributed by atoms with Crippen LogP contribution in [-0.4, -0.2) is 40.9 Å². The van der Waals surface area contributed by atoms with Gasteiger partial charge in [0.1, 0.15) is 17.5 Å². The standard InChI is InChI=1S/C24H27F3N2O/c25-20-5-1-4-18(12-20)17-29-10-3-7-24(29)6-2-9-28(11-8-24)23(30)15-19-13-21(26)16-22(27)14-19/h1,4-5,12-14,16H,2-3,6-11,15,17H2/t24-/m1/s1. The third kappa shape index (κ3) is 4.69. The van der Waals surface area contributed by atoms with E-state index in [1.54, 1.807) is 12.1 Å². The maximum atomic E-state index is 13.6. The lowest BCUT2D eigenvalue weighted by atomic mass is 9.87. The van der Waals surface area contributed by atoms with Crippen molar-refractivity contribution in [3.8, 4) is 0 Å². The molecule has 0 saturated carbocycles. The van der Waals surface area contributed by atoms with Crippen LogP contribution in [0.1, 0.15) is 43.2 Å². The first-order valence-corrected chi connectivity index (χ1v) is 10.7. The summed E-state index contributed by atoms with van der Waals surface area (Å²) in [6.45, 7) is 2.99. The minimum Gasteiger partial charge on any atom is -0.342 e. The second-order valence-electron chi connectivity index (χ2n) is 8.57. The van der Waals surface area contributed by atoms with Gasteiger partial charge in [0.2, 0.25) is 5.91 Å². The van der Waals surface area contributed by atoms with Crippen molar-refractivity contribution in [2.45, 2.75) is 50.6 Å². The summed E-state index contributed by atoms with van der Waals surface area (Å²) in [5.74, 6) is -1.63. The molecule has 0 unspecified atom stereocenters. The molecular weight excluding hydrogens is 389 g/mol. The molecule has 6 heteroatoms. The average molecular weight is 416 g/mol. The van der Waals surface area contributed by atoms with E-state index in [1.807, 2.05) is 11.0 Å². The molecule has 4 rings (SSSR count). The van der Waals surface area contributed by atoms with E-state index in [0.717, 1.165) is 50.3 Å². The van der Waals surface area contributed by atoms with Crippen LogP contribution < -0.4 is 0 Å².